The van der Waals surface area contributed by atoms with Gasteiger partial charge in [-0.15, -0.1) is 0 Å². The Labute approximate surface area is 144 Å². The van der Waals surface area contributed by atoms with Gasteiger partial charge in [-0.1, -0.05) is 26.0 Å². The molecule has 1 aromatic rings. The highest BCUT2D eigenvalue weighted by molar-refractivity contribution is 5.92. The zero-order chi connectivity index (χ0) is 17.5. The average Bonchev–Trinajstić information content (AvgIpc) is 2.55. The summed E-state index contributed by atoms with van der Waals surface area (Å²) in [4.78, 5) is 26.1. The Kier molecular flexibility index (Phi) is 6.79. The Bertz CT molecular complexity index is 554. The topological polar surface area (TPSA) is 58.6 Å². The van der Waals surface area contributed by atoms with Gasteiger partial charge in [0.15, 0.2) is 0 Å². The molecular formula is C19H28N2O3. The molecule has 0 aliphatic carbocycles. The number of rotatable bonds is 6. The minimum atomic E-state index is -0.146. The van der Waals surface area contributed by atoms with Crippen LogP contribution in [0.3, 0.4) is 0 Å². The Morgan fingerprint density at radius 1 is 1.29 bits per heavy atom. The number of nitrogens with one attached hydrogen (secondary N) is 1. The second-order valence-corrected chi connectivity index (χ2v) is 6.65. The molecule has 1 atom stereocenters. The van der Waals surface area contributed by atoms with Crippen LogP contribution in [-0.4, -0.2) is 43.0 Å². The molecule has 1 aromatic carbocycles. The second-order valence-electron chi connectivity index (χ2n) is 6.65. The van der Waals surface area contributed by atoms with E-state index in [2.05, 4.69) is 19.2 Å². The van der Waals surface area contributed by atoms with Crippen LogP contribution in [0.2, 0.25) is 0 Å². The molecule has 1 aliphatic heterocycles. The van der Waals surface area contributed by atoms with Crippen molar-refractivity contribution in [2.45, 2.75) is 39.5 Å². The third kappa shape index (κ3) is 5.34. The molecule has 0 unspecified atom stereocenters. The summed E-state index contributed by atoms with van der Waals surface area (Å²) >= 11 is 0. The van der Waals surface area contributed by atoms with E-state index in [1.807, 2.05) is 36.1 Å². The molecular weight excluding hydrogens is 304 g/mol. The zero-order valence-corrected chi connectivity index (χ0v) is 14.9. The summed E-state index contributed by atoms with van der Waals surface area (Å²) in [5.74, 6) is 0.170. The number of ether oxygens (including phenoxy) is 1. The Morgan fingerprint density at radius 3 is 2.62 bits per heavy atom. The molecule has 0 bridgehead atoms. The second kappa shape index (κ2) is 8.83. The van der Waals surface area contributed by atoms with Gasteiger partial charge in [-0.2, -0.15) is 0 Å². The van der Waals surface area contributed by atoms with Crippen LogP contribution in [0.1, 0.15) is 45.1 Å². The van der Waals surface area contributed by atoms with Crippen LogP contribution in [0.5, 0.6) is 0 Å². The van der Waals surface area contributed by atoms with Crippen LogP contribution < -0.4 is 5.32 Å². The predicted octanol–water partition coefficient (Wildman–Crippen LogP) is 3.02. The lowest BCUT2D eigenvalue weighted by molar-refractivity contribution is -0.150. The lowest BCUT2D eigenvalue weighted by atomic mass is 9.98. The number of hydrogen-bond acceptors (Lipinski definition) is 4. The first kappa shape index (κ1) is 18.5. The summed E-state index contributed by atoms with van der Waals surface area (Å²) in [6.45, 7) is 8.25. The summed E-state index contributed by atoms with van der Waals surface area (Å²) in [5.41, 5.74) is 2.06. The van der Waals surface area contributed by atoms with Crippen molar-refractivity contribution >= 4 is 17.6 Å². The minimum absolute atomic E-state index is 0.0446. The van der Waals surface area contributed by atoms with Crippen LogP contribution in [0.15, 0.2) is 24.3 Å². The van der Waals surface area contributed by atoms with Crippen LogP contribution in [0, 0.1) is 5.92 Å². The number of carbonyl (C=O) groups is 2. The summed E-state index contributed by atoms with van der Waals surface area (Å²) < 4.78 is 5.09. The van der Waals surface area contributed by atoms with E-state index >= 15 is 0 Å². The van der Waals surface area contributed by atoms with Crippen molar-refractivity contribution < 1.29 is 14.3 Å². The number of hydrogen-bond donors (Lipinski definition) is 1. The van der Waals surface area contributed by atoms with Gasteiger partial charge in [-0.05, 0) is 49.9 Å². The van der Waals surface area contributed by atoms with Crippen LogP contribution in [-0.2, 0) is 14.3 Å². The van der Waals surface area contributed by atoms with Crippen LogP contribution in [0.25, 0.3) is 0 Å². The molecule has 1 N–H and O–H groups in total. The Morgan fingerprint density at radius 2 is 2.00 bits per heavy atom. The highest BCUT2D eigenvalue weighted by Gasteiger charge is 2.27. The largest absolute Gasteiger partial charge is 0.466 e. The average molecular weight is 332 g/mol. The monoisotopic (exact) mass is 332 g/mol. The Balaban J connectivity index is 1.84. The van der Waals surface area contributed by atoms with Gasteiger partial charge in [0.2, 0.25) is 5.91 Å². The summed E-state index contributed by atoms with van der Waals surface area (Å²) in [6, 6.07) is 7.95. The lowest BCUT2D eigenvalue weighted by Crippen LogP contribution is -2.43. The highest BCUT2D eigenvalue weighted by Crippen LogP contribution is 2.19. The van der Waals surface area contributed by atoms with Crippen molar-refractivity contribution in [1.82, 2.24) is 4.90 Å². The van der Waals surface area contributed by atoms with Crippen molar-refractivity contribution in [3.63, 3.8) is 0 Å². The van der Waals surface area contributed by atoms with Gasteiger partial charge in [0.25, 0.3) is 0 Å². The molecule has 1 heterocycles. The first-order valence-corrected chi connectivity index (χ1v) is 8.78. The van der Waals surface area contributed by atoms with Crippen molar-refractivity contribution in [1.29, 1.82) is 0 Å². The normalized spacial score (nSPS) is 18.4. The highest BCUT2D eigenvalue weighted by atomic mass is 16.5. The van der Waals surface area contributed by atoms with E-state index in [1.165, 1.54) is 5.56 Å². The standard InChI is InChI=1S/C19H28N2O3/c1-4-24-19(23)16-6-5-11-21(12-16)13-18(22)20-17-9-7-15(8-10-17)14(2)3/h7-10,14,16H,4-6,11-13H2,1-3H3,(H,20,22)/t16-/m1/s1. The summed E-state index contributed by atoms with van der Waals surface area (Å²) in [7, 11) is 0. The number of carbonyl (C=O) groups excluding carboxylic acids is 2. The van der Waals surface area contributed by atoms with Gasteiger partial charge in [0, 0.05) is 12.2 Å². The maximum atomic E-state index is 12.2. The van der Waals surface area contributed by atoms with E-state index in [4.69, 9.17) is 4.74 Å². The van der Waals surface area contributed by atoms with E-state index in [0.717, 1.165) is 25.1 Å². The third-order valence-corrected chi connectivity index (χ3v) is 4.35. The number of esters is 1. The molecule has 2 rings (SSSR count). The van der Waals surface area contributed by atoms with Gasteiger partial charge in [0.1, 0.15) is 0 Å². The van der Waals surface area contributed by atoms with Crippen LogP contribution in [0.4, 0.5) is 5.69 Å². The van der Waals surface area contributed by atoms with Gasteiger partial charge in [-0.3, -0.25) is 14.5 Å². The van der Waals surface area contributed by atoms with Crippen molar-refractivity contribution in [3.8, 4) is 0 Å². The summed E-state index contributed by atoms with van der Waals surface area (Å²) in [6.07, 6.45) is 1.76. The quantitative estimate of drug-likeness (QED) is 0.814. The SMILES string of the molecule is CCOC(=O)[C@@H]1CCCN(CC(=O)Nc2ccc(C(C)C)cc2)C1. The van der Waals surface area contributed by atoms with Crippen molar-refractivity contribution in [2.75, 3.05) is 31.6 Å². The molecule has 24 heavy (non-hydrogen) atoms. The Hall–Kier alpha value is -1.88. The molecule has 0 radical (unpaired) electrons. The van der Waals surface area contributed by atoms with E-state index in [9.17, 15) is 9.59 Å². The fourth-order valence-electron chi connectivity index (χ4n) is 3.01. The smallest absolute Gasteiger partial charge is 0.310 e. The van der Waals surface area contributed by atoms with Gasteiger partial charge >= 0.3 is 5.97 Å². The maximum absolute atomic E-state index is 12.2. The molecule has 132 valence electrons. The molecule has 5 heteroatoms. The fourth-order valence-corrected chi connectivity index (χ4v) is 3.01. The number of piperidine rings is 1. The zero-order valence-electron chi connectivity index (χ0n) is 14.9. The maximum Gasteiger partial charge on any atom is 0.310 e. The van der Waals surface area contributed by atoms with E-state index in [-0.39, 0.29) is 17.8 Å². The molecule has 0 aromatic heterocycles. The predicted molar refractivity (Wildman–Crippen MR) is 95.0 cm³/mol. The first-order valence-electron chi connectivity index (χ1n) is 8.78. The minimum Gasteiger partial charge on any atom is -0.466 e. The number of amides is 1. The third-order valence-electron chi connectivity index (χ3n) is 4.35. The molecule has 1 fully saturated rings. The number of benzene rings is 1. The fraction of sp³-hybridized carbons (Fsp3) is 0.579. The lowest BCUT2D eigenvalue weighted by Gasteiger charge is -2.30. The molecule has 0 saturated carbocycles. The molecule has 0 spiro atoms. The van der Waals surface area contributed by atoms with Crippen molar-refractivity contribution in [3.05, 3.63) is 29.8 Å². The molecule has 1 amide bonds. The number of likely N-dealkylation sites (tertiary alicyclic amines) is 1. The van der Waals surface area contributed by atoms with Gasteiger partial charge in [-0.25, -0.2) is 0 Å². The van der Waals surface area contributed by atoms with Gasteiger partial charge in [0.05, 0.1) is 19.1 Å². The van der Waals surface area contributed by atoms with E-state index < -0.39 is 0 Å². The van der Waals surface area contributed by atoms with Crippen molar-refractivity contribution in [2.24, 2.45) is 5.92 Å². The summed E-state index contributed by atoms with van der Waals surface area (Å²) in [5, 5.41) is 2.93. The van der Waals surface area contributed by atoms with Crippen LogP contribution >= 0.6 is 0 Å². The van der Waals surface area contributed by atoms with E-state index in [0.29, 0.717) is 25.6 Å². The number of anilines is 1. The molecule has 5 nitrogen and oxygen atoms in total. The molecule has 1 saturated heterocycles. The van der Waals surface area contributed by atoms with E-state index in [1.54, 1.807) is 0 Å². The first-order chi connectivity index (χ1) is 11.5. The number of nitrogens with zero attached hydrogens (tertiary/aromatic N) is 1. The molecule has 1 aliphatic rings. The van der Waals surface area contributed by atoms with Gasteiger partial charge < -0.3 is 10.1 Å².